The van der Waals surface area contributed by atoms with Crippen LogP contribution in [0.3, 0.4) is 0 Å². The number of piperidine rings is 1. The van der Waals surface area contributed by atoms with Crippen LogP contribution in [0.2, 0.25) is 10.0 Å². The fraction of sp³-hybridized carbons (Fsp3) is 0.440. The molecule has 0 radical (unpaired) electrons. The third-order valence-corrected chi connectivity index (χ3v) is 7.59. The van der Waals surface area contributed by atoms with Crippen LogP contribution in [-0.2, 0) is 11.0 Å². The summed E-state index contributed by atoms with van der Waals surface area (Å²) in [5.41, 5.74) is 0.154. The summed E-state index contributed by atoms with van der Waals surface area (Å²) in [7, 11) is 0. The van der Waals surface area contributed by atoms with Gasteiger partial charge in [-0.2, -0.15) is 13.2 Å². The number of benzene rings is 2. The summed E-state index contributed by atoms with van der Waals surface area (Å²) in [6, 6.07) is 10.5. The Morgan fingerprint density at radius 1 is 0.971 bits per heavy atom. The SMILES string of the molecule is O=C(NCC(=O)N1CCC(N2CCC(c3ccccc3C(F)(F)F)CC2)C1)c1ccc(Cl)c(Cl)c1. The lowest BCUT2D eigenvalue weighted by molar-refractivity contribution is -0.138. The summed E-state index contributed by atoms with van der Waals surface area (Å²) >= 11 is 11.8. The molecule has 10 heteroatoms. The van der Waals surface area contributed by atoms with E-state index in [1.165, 1.54) is 24.3 Å². The Morgan fingerprint density at radius 3 is 2.37 bits per heavy atom. The zero-order valence-electron chi connectivity index (χ0n) is 19.0. The van der Waals surface area contributed by atoms with E-state index >= 15 is 0 Å². The van der Waals surface area contributed by atoms with Gasteiger partial charge in [0.05, 0.1) is 22.2 Å². The van der Waals surface area contributed by atoms with Crippen molar-refractivity contribution in [3.63, 3.8) is 0 Å². The van der Waals surface area contributed by atoms with E-state index in [0.29, 0.717) is 55.2 Å². The molecule has 2 aromatic carbocycles. The van der Waals surface area contributed by atoms with Crippen molar-refractivity contribution >= 4 is 35.0 Å². The van der Waals surface area contributed by atoms with Crippen LogP contribution in [-0.4, -0.2) is 60.4 Å². The predicted octanol–water partition coefficient (Wildman–Crippen LogP) is 5.22. The van der Waals surface area contributed by atoms with Crippen LogP contribution in [0.5, 0.6) is 0 Å². The predicted molar refractivity (Wildman–Crippen MR) is 129 cm³/mol. The van der Waals surface area contributed by atoms with Crippen molar-refractivity contribution in [1.82, 2.24) is 15.1 Å². The van der Waals surface area contributed by atoms with E-state index in [1.807, 2.05) is 0 Å². The van der Waals surface area contributed by atoms with Gasteiger partial charge in [0.2, 0.25) is 5.91 Å². The first-order valence-electron chi connectivity index (χ1n) is 11.5. The number of nitrogens with one attached hydrogen (secondary N) is 1. The fourth-order valence-electron chi connectivity index (χ4n) is 4.96. The van der Waals surface area contributed by atoms with Crippen molar-refractivity contribution < 1.29 is 22.8 Å². The third kappa shape index (κ3) is 6.11. The molecule has 2 aliphatic heterocycles. The molecule has 0 bridgehead atoms. The summed E-state index contributed by atoms with van der Waals surface area (Å²) in [4.78, 5) is 28.9. The molecule has 0 spiro atoms. The Morgan fingerprint density at radius 2 is 1.69 bits per heavy atom. The van der Waals surface area contributed by atoms with Crippen molar-refractivity contribution in [1.29, 1.82) is 0 Å². The van der Waals surface area contributed by atoms with Crippen molar-refractivity contribution in [3.8, 4) is 0 Å². The summed E-state index contributed by atoms with van der Waals surface area (Å²) in [6.07, 6.45) is -2.25. The number of hydrogen-bond acceptors (Lipinski definition) is 3. The number of likely N-dealkylation sites (tertiary alicyclic amines) is 2. The van der Waals surface area contributed by atoms with E-state index in [0.717, 1.165) is 12.5 Å². The Balaban J connectivity index is 1.26. The van der Waals surface area contributed by atoms with Crippen LogP contribution >= 0.6 is 23.2 Å². The van der Waals surface area contributed by atoms with Gasteiger partial charge in [-0.3, -0.25) is 14.5 Å². The van der Waals surface area contributed by atoms with E-state index in [1.54, 1.807) is 17.0 Å². The highest BCUT2D eigenvalue weighted by Gasteiger charge is 2.37. The molecule has 4 rings (SSSR count). The minimum Gasteiger partial charge on any atom is -0.343 e. The molecule has 0 aliphatic carbocycles. The molecule has 1 unspecified atom stereocenters. The first-order chi connectivity index (χ1) is 16.6. The highest BCUT2D eigenvalue weighted by Crippen LogP contribution is 2.39. The summed E-state index contributed by atoms with van der Waals surface area (Å²) in [6.45, 7) is 2.39. The maximum atomic E-state index is 13.4. The Hall–Kier alpha value is -2.29. The number of rotatable bonds is 5. The number of halogens is 5. The molecule has 2 aromatic rings. The van der Waals surface area contributed by atoms with Gasteiger partial charge in [0.25, 0.3) is 5.91 Å². The smallest absolute Gasteiger partial charge is 0.343 e. The van der Waals surface area contributed by atoms with Gasteiger partial charge in [-0.15, -0.1) is 0 Å². The molecule has 1 N–H and O–H groups in total. The quantitative estimate of drug-likeness (QED) is 0.579. The molecular formula is C25H26Cl2F3N3O2. The summed E-state index contributed by atoms with van der Waals surface area (Å²) in [5, 5.41) is 3.23. The monoisotopic (exact) mass is 527 g/mol. The molecule has 0 saturated carbocycles. The van der Waals surface area contributed by atoms with Gasteiger partial charge in [-0.25, -0.2) is 0 Å². The van der Waals surface area contributed by atoms with Crippen LogP contribution in [0, 0.1) is 0 Å². The molecule has 0 aromatic heterocycles. The second-order valence-electron chi connectivity index (χ2n) is 8.99. The highest BCUT2D eigenvalue weighted by atomic mass is 35.5. The number of hydrogen-bond donors (Lipinski definition) is 1. The average molecular weight is 528 g/mol. The standard InChI is InChI=1S/C25H26Cl2F3N3O2/c26-21-6-5-17(13-22(21)27)24(35)31-14-23(34)33-12-9-18(15-33)32-10-7-16(8-11-32)19-3-1-2-4-20(19)25(28,29)30/h1-6,13,16,18H,7-12,14-15H2,(H,31,35). The van der Waals surface area contributed by atoms with Gasteiger partial charge in [-0.05, 0) is 68.1 Å². The molecule has 2 saturated heterocycles. The molecule has 2 amide bonds. The minimum atomic E-state index is -4.35. The molecule has 35 heavy (non-hydrogen) atoms. The average Bonchev–Trinajstić information content (AvgIpc) is 3.34. The Labute approximate surface area is 212 Å². The van der Waals surface area contributed by atoms with Crippen molar-refractivity contribution in [2.45, 2.75) is 37.4 Å². The number of carbonyl (C=O) groups is 2. The van der Waals surface area contributed by atoms with Gasteiger partial charge >= 0.3 is 6.18 Å². The van der Waals surface area contributed by atoms with Crippen molar-refractivity contribution in [2.75, 3.05) is 32.7 Å². The Bertz CT molecular complexity index is 1090. The van der Waals surface area contributed by atoms with Crippen molar-refractivity contribution in [3.05, 3.63) is 69.2 Å². The van der Waals surface area contributed by atoms with Gasteiger partial charge in [-0.1, -0.05) is 41.4 Å². The van der Waals surface area contributed by atoms with E-state index in [9.17, 15) is 22.8 Å². The molecule has 188 valence electrons. The lowest BCUT2D eigenvalue weighted by Crippen LogP contribution is -2.44. The van der Waals surface area contributed by atoms with Gasteiger partial charge in [0, 0.05) is 24.7 Å². The maximum absolute atomic E-state index is 13.4. The van der Waals surface area contributed by atoms with Crippen molar-refractivity contribution in [2.24, 2.45) is 0 Å². The number of alkyl halides is 3. The van der Waals surface area contributed by atoms with Crippen LogP contribution in [0.1, 0.15) is 46.7 Å². The normalized spacial score (nSPS) is 19.7. The number of nitrogens with zero attached hydrogens (tertiary/aromatic N) is 2. The van der Waals surface area contributed by atoms with Crippen LogP contribution in [0.4, 0.5) is 13.2 Å². The third-order valence-electron chi connectivity index (χ3n) is 6.85. The van der Waals surface area contributed by atoms with Crippen LogP contribution in [0.15, 0.2) is 42.5 Å². The molecular weight excluding hydrogens is 502 g/mol. The zero-order valence-corrected chi connectivity index (χ0v) is 20.5. The van der Waals surface area contributed by atoms with E-state index in [4.69, 9.17) is 23.2 Å². The molecule has 2 aliphatic rings. The largest absolute Gasteiger partial charge is 0.416 e. The molecule has 2 fully saturated rings. The molecule has 2 heterocycles. The topological polar surface area (TPSA) is 52.7 Å². The number of amides is 2. The minimum absolute atomic E-state index is 0.123. The second-order valence-corrected chi connectivity index (χ2v) is 9.80. The van der Waals surface area contributed by atoms with E-state index < -0.39 is 17.6 Å². The Kier molecular flexibility index (Phi) is 7.93. The zero-order chi connectivity index (χ0) is 25.2. The highest BCUT2D eigenvalue weighted by molar-refractivity contribution is 6.42. The van der Waals surface area contributed by atoms with Crippen LogP contribution < -0.4 is 5.32 Å². The summed E-state index contributed by atoms with van der Waals surface area (Å²) < 4.78 is 40.2. The van der Waals surface area contributed by atoms with Gasteiger partial charge < -0.3 is 10.2 Å². The van der Waals surface area contributed by atoms with Crippen LogP contribution in [0.25, 0.3) is 0 Å². The van der Waals surface area contributed by atoms with E-state index in [-0.39, 0.29) is 29.4 Å². The molecule has 1 atom stereocenters. The summed E-state index contributed by atoms with van der Waals surface area (Å²) in [5.74, 6) is -0.705. The number of carbonyl (C=O) groups excluding carboxylic acids is 2. The van der Waals surface area contributed by atoms with Gasteiger partial charge in [0.1, 0.15) is 0 Å². The first-order valence-corrected chi connectivity index (χ1v) is 12.3. The van der Waals surface area contributed by atoms with E-state index in [2.05, 4.69) is 10.2 Å². The lowest BCUT2D eigenvalue weighted by atomic mass is 9.86. The lowest BCUT2D eigenvalue weighted by Gasteiger charge is -2.36. The maximum Gasteiger partial charge on any atom is 0.416 e. The first kappa shape index (κ1) is 25.8. The van der Waals surface area contributed by atoms with Gasteiger partial charge in [0.15, 0.2) is 0 Å². The fourth-order valence-corrected chi connectivity index (χ4v) is 5.26. The second kappa shape index (κ2) is 10.8. The molecule has 5 nitrogen and oxygen atoms in total.